The van der Waals surface area contributed by atoms with Gasteiger partial charge in [-0.2, -0.15) is 0 Å². The van der Waals surface area contributed by atoms with Crippen molar-refractivity contribution in [2.75, 3.05) is 6.61 Å². The van der Waals surface area contributed by atoms with Gasteiger partial charge in [0.05, 0.1) is 23.8 Å². The minimum absolute atomic E-state index is 0.0289. The number of hydrogen-bond donors (Lipinski definition) is 1. The van der Waals surface area contributed by atoms with Crippen LogP contribution in [0.1, 0.15) is 41.7 Å². The summed E-state index contributed by atoms with van der Waals surface area (Å²) in [4.78, 5) is 31.2. The minimum atomic E-state index is -0.608. The predicted molar refractivity (Wildman–Crippen MR) is 117 cm³/mol. The number of imidazole rings is 1. The number of fused-ring (bicyclic) bond motifs is 3. The largest absolute Gasteiger partial charge is 0.466 e. The summed E-state index contributed by atoms with van der Waals surface area (Å²) >= 11 is 0. The molecule has 2 heterocycles. The Morgan fingerprint density at radius 3 is 2.68 bits per heavy atom. The average Bonchev–Trinajstić information content (AvgIpc) is 3.24. The number of esters is 1. The molecule has 6 nitrogen and oxygen atoms in total. The molecule has 1 spiro atoms. The lowest BCUT2D eigenvalue weighted by Crippen LogP contribution is -2.53. The molecule has 1 atom stereocenters. The van der Waals surface area contributed by atoms with E-state index < -0.39 is 5.92 Å². The van der Waals surface area contributed by atoms with Gasteiger partial charge in [0.15, 0.2) is 5.78 Å². The van der Waals surface area contributed by atoms with Crippen LogP contribution in [0.3, 0.4) is 0 Å². The zero-order valence-electron chi connectivity index (χ0n) is 18.0. The number of nitrogens with zero attached hydrogens (tertiary/aromatic N) is 2. The van der Waals surface area contributed by atoms with Crippen molar-refractivity contribution >= 4 is 17.4 Å². The molecule has 3 aliphatic rings. The van der Waals surface area contributed by atoms with Gasteiger partial charge in [-0.05, 0) is 37.8 Å². The van der Waals surface area contributed by atoms with E-state index in [-0.39, 0.29) is 23.9 Å². The van der Waals surface area contributed by atoms with Crippen LogP contribution < -0.4 is 5.32 Å². The number of ether oxygens (including phenoxy) is 1. The third kappa shape index (κ3) is 3.04. The fourth-order valence-electron chi connectivity index (χ4n) is 5.51. The summed E-state index contributed by atoms with van der Waals surface area (Å²) in [6.45, 7) is 8.50. The lowest BCUT2D eigenvalue weighted by Gasteiger charge is -2.40. The highest BCUT2D eigenvalue weighted by Crippen LogP contribution is 2.44. The third-order valence-corrected chi connectivity index (χ3v) is 6.76. The van der Waals surface area contributed by atoms with E-state index in [0.29, 0.717) is 30.7 Å². The van der Waals surface area contributed by atoms with Gasteiger partial charge in [-0.1, -0.05) is 30.3 Å². The fourth-order valence-corrected chi connectivity index (χ4v) is 5.51. The van der Waals surface area contributed by atoms with Gasteiger partial charge < -0.3 is 14.6 Å². The first-order valence-electron chi connectivity index (χ1n) is 10.9. The van der Waals surface area contributed by atoms with Crippen LogP contribution >= 0.6 is 0 Å². The number of carbonyl (C=O) groups is 2. The molecule has 1 N–H and O–H groups in total. The quantitative estimate of drug-likeness (QED) is 0.612. The second-order valence-electron chi connectivity index (χ2n) is 8.78. The number of benzene rings is 1. The van der Waals surface area contributed by atoms with Gasteiger partial charge >= 0.3 is 5.97 Å². The van der Waals surface area contributed by atoms with Gasteiger partial charge in [0.2, 0.25) is 0 Å². The third-order valence-electron chi connectivity index (χ3n) is 6.76. The van der Waals surface area contributed by atoms with Crippen molar-refractivity contribution < 1.29 is 14.3 Å². The SMILES string of the molecule is C=CCn1c(C)nc2c1CC(C(=O)OCC)C1=C2NC2(CC1=O)Cc1ccccc1C2. The maximum Gasteiger partial charge on any atom is 0.314 e. The number of ketones is 1. The monoisotopic (exact) mass is 417 g/mol. The van der Waals surface area contributed by atoms with E-state index in [2.05, 4.69) is 28.6 Å². The first kappa shape index (κ1) is 19.8. The molecule has 6 heteroatoms. The fraction of sp³-hybridized carbons (Fsp3) is 0.400. The molecule has 2 aliphatic carbocycles. The maximum atomic E-state index is 13.5. The molecule has 0 fully saturated rings. The highest BCUT2D eigenvalue weighted by atomic mass is 16.5. The summed E-state index contributed by atoms with van der Waals surface area (Å²) in [6.07, 6.45) is 4.20. The van der Waals surface area contributed by atoms with Crippen LogP contribution in [0.5, 0.6) is 0 Å². The van der Waals surface area contributed by atoms with Crippen molar-refractivity contribution in [2.24, 2.45) is 5.92 Å². The zero-order valence-corrected chi connectivity index (χ0v) is 18.0. The Morgan fingerprint density at radius 1 is 1.32 bits per heavy atom. The van der Waals surface area contributed by atoms with Gasteiger partial charge in [0.25, 0.3) is 0 Å². The molecule has 0 saturated carbocycles. The van der Waals surface area contributed by atoms with Crippen LogP contribution in [-0.2, 0) is 40.1 Å². The standard InChI is InChI=1S/C25H27N3O3/c1-4-10-28-15(3)26-22-19(28)11-18(24(30)31-5-2)21-20(29)14-25(27-23(21)22)12-16-8-6-7-9-17(16)13-25/h4,6-9,18,27H,1,5,10-14H2,2-3H3. The van der Waals surface area contributed by atoms with E-state index >= 15 is 0 Å². The predicted octanol–water partition coefficient (Wildman–Crippen LogP) is 2.92. The summed E-state index contributed by atoms with van der Waals surface area (Å²) in [7, 11) is 0. The first-order valence-corrected chi connectivity index (χ1v) is 10.9. The zero-order chi connectivity index (χ0) is 21.8. The number of carbonyl (C=O) groups excluding carboxylic acids is 2. The molecule has 0 bridgehead atoms. The van der Waals surface area contributed by atoms with Crippen molar-refractivity contribution in [1.29, 1.82) is 0 Å². The molecule has 1 aliphatic heterocycles. The number of Topliss-reactive ketones (excluding diaryl/α,β-unsaturated/α-hetero) is 1. The second-order valence-corrected chi connectivity index (χ2v) is 8.78. The molecule has 31 heavy (non-hydrogen) atoms. The van der Waals surface area contributed by atoms with Gasteiger partial charge in [-0.25, -0.2) is 4.98 Å². The van der Waals surface area contributed by atoms with Gasteiger partial charge in [-0.15, -0.1) is 6.58 Å². The highest BCUT2D eigenvalue weighted by molar-refractivity contribution is 6.09. The maximum absolute atomic E-state index is 13.5. The molecule has 5 rings (SSSR count). The molecule has 0 radical (unpaired) electrons. The molecule has 0 saturated heterocycles. The molecule has 1 aromatic carbocycles. The van der Waals surface area contributed by atoms with E-state index in [0.717, 1.165) is 30.1 Å². The van der Waals surface area contributed by atoms with E-state index in [9.17, 15) is 9.59 Å². The molecule has 160 valence electrons. The van der Waals surface area contributed by atoms with Crippen LogP contribution in [0.25, 0.3) is 5.70 Å². The number of nitrogens with one attached hydrogen (secondary N) is 1. The Balaban J connectivity index is 1.63. The normalized spacial score (nSPS) is 20.7. The van der Waals surface area contributed by atoms with E-state index in [1.807, 2.05) is 25.1 Å². The molecule has 0 amide bonds. The number of aromatic nitrogens is 2. The molecular weight excluding hydrogens is 390 g/mol. The Morgan fingerprint density at radius 2 is 2.03 bits per heavy atom. The van der Waals surface area contributed by atoms with Gasteiger partial charge in [-0.3, -0.25) is 9.59 Å². The van der Waals surface area contributed by atoms with Crippen LogP contribution in [0.4, 0.5) is 0 Å². The summed E-state index contributed by atoms with van der Waals surface area (Å²) in [5.41, 5.74) is 5.19. The van der Waals surface area contributed by atoms with Crippen LogP contribution in [0, 0.1) is 12.8 Å². The highest BCUT2D eigenvalue weighted by Gasteiger charge is 2.49. The van der Waals surface area contributed by atoms with Crippen molar-refractivity contribution in [1.82, 2.24) is 14.9 Å². The second kappa shape index (κ2) is 7.22. The Hall–Kier alpha value is -3.15. The van der Waals surface area contributed by atoms with E-state index in [1.54, 1.807) is 6.92 Å². The van der Waals surface area contributed by atoms with E-state index in [1.165, 1.54) is 11.1 Å². The Bertz CT molecular complexity index is 1120. The van der Waals surface area contributed by atoms with Gasteiger partial charge in [0, 0.05) is 30.7 Å². The van der Waals surface area contributed by atoms with Gasteiger partial charge in [0.1, 0.15) is 11.5 Å². The topological polar surface area (TPSA) is 73.2 Å². The van der Waals surface area contributed by atoms with Crippen molar-refractivity contribution in [3.8, 4) is 0 Å². The molecule has 1 aromatic heterocycles. The number of aryl methyl sites for hydroxylation is 1. The number of hydrogen-bond acceptors (Lipinski definition) is 5. The average molecular weight is 418 g/mol. The lowest BCUT2D eigenvalue weighted by atomic mass is 9.75. The summed E-state index contributed by atoms with van der Waals surface area (Å²) in [6, 6.07) is 8.36. The summed E-state index contributed by atoms with van der Waals surface area (Å²) in [5.74, 6) is -0.0697. The molecule has 1 unspecified atom stereocenters. The van der Waals surface area contributed by atoms with Crippen LogP contribution in [0.15, 0.2) is 42.5 Å². The first-order chi connectivity index (χ1) is 15.0. The lowest BCUT2D eigenvalue weighted by molar-refractivity contribution is -0.147. The molecular formula is C25H27N3O3. The summed E-state index contributed by atoms with van der Waals surface area (Å²) in [5, 5.41) is 3.72. The Labute approximate surface area is 182 Å². The number of rotatable bonds is 4. The number of allylic oxidation sites excluding steroid dienone is 1. The Kier molecular flexibility index (Phi) is 4.61. The van der Waals surface area contributed by atoms with E-state index in [4.69, 9.17) is 9.72 Å². The van der Waals surface area contributed by atoms with Crippen molar-refractivity contribution in [3.05, 3.63) is 70.8 Å². The smallest absolute Gasteiger partial charge is 0.314 e. The summed E-state index contributed by atoms with van der Waals surface area (Å²) < 4.78 is 7.44. The van der Waals surface area contributed by atoms with Crippen molar-refractivity contribution in [2.45, 2.75) is 51.6 Å². The van der Waals surface area contributed by atoms with Crippen LogP contribution in [0.2, 0.25) is 0 Å². The minimum Gasteiger partial charge on any atom is -0.466 e. The molecule has 2 aromatic rings. The van der Waals surface area contributed by atoms with Crippen molar-refractivity contribution in [3.63, 3.8) is 0 Å². The van der Waals surface area contributed by atoms with Crippen LogP contribution in [-0.4, -0.2) is 33.4 Å².